The Bertz CT molecular complexity index is 686. The first-order chi connectivity index (χ1) is 12.1. The molecule has 2 aromatic carbocycles. The molecule has 0 unspecified atom stereocenters. The molecule has 0 saturated carbocycles. The van der Waals surface area contributed by atoms with Crippen LogP contribution in [0.25, 0.3) is 0 Å². The van der Waals surface area contributed by atoms with Crippen LogP contribution in [0, 0.1) is 13.8 Å². The van der Waals surface area contributed by atoms with Crippen LogP contribution in [-0.2, 0) is 4.79 Å². The normalized spacial score (nSPS) is 10.5. The van der Waals surface area contributed by atoms with Gasteiger partial charge in [0.25, 0.3) is 0 Å². The zero-order chi connectivity index (χ0) is 18.1. The molecule has 0 heterocycles. The van der Waals surface area contributed by atoms with Crippen molar-refractivity contribution in [3.63, 3.8) is 0 Å². The summed E-state index contributed by atoms with van der Waals surface area (Å²) in [6.07, 6.45) is 1.39. The van der Waals surface area contributed by atoms with E-state index in [1.165, 1.54) is 0 Å². The molecular formula is C20H24ClNO2S. The summed E-state index contributed by atoms with van der Waals surface area (Å²) >= 11 is 7.82. The van der Waals surface area contributed by atoms with Crippen molar-refractivity contribution >= 4 is 35.0 Å². The molecule has 0 saturated heterocycles. The van der Waals surface area contributed by atoms with Gasteiger partial charge in [-0.15, -0.1) is 0 Å². The van der Waals surface area contributed by atoms with Crippen LogP contribution in [-0.4, -0.2) is 24.0 Å². The lowest BCUT2D eigenvalue weighted by molar-refractivity contribution is -0.116. The van der Waals surface area contributed by atoms with Crippen molar-refractivity contribution in [2.24, 2.45) is 0 Å². The van der Waals surface area contributed by atoms with E-state index < -0.39 is 0 Å². The van der Waals surface area contributed by atoms with Gasteiger partial charge >= 0.3 is 0 Å². The van der Waals surface area contributed by atoms with Crippen molar-refractivity contribution in [1.82, 2.24) is 0 Å². The van der Waals surface area contributed by atoms with Crippen molar-refractivity contribution in [3.05, 3.63) is 58.6 Å². The Labute approximate surface area is 159 Å². The van der Waals surface area contributed by atoms with Gasteiger partial charge < -0.3 is 10.1 Å². The smallest absolute Gasteiger partial charge is 0.224 e. The maximum Gasteiger partial charge on any atom is 0.224 e. The molecule has 2 rings (SSSR count). The first-order valence-corrected chi connectivity index (χ1v) is 9.92. The van der Waals surface area contributed by atoms with E-state index in [4.69, 9.17) is 16.3 Å². The van der Waals surface area contributed by atoms with E-state index in [0.717, 1.165) is 40.5 Å². The fourth-order valence-corrected chi connectivity index (χ4v) is 3.37. The van der Waals surface area contributed by atoms with Gasteiger partial charge in [-0.3, -0.25) is 4.79 Å². The largest absolute Gasteiger partial charge is 0.491 e. The topological polar surface area (TPSA) is 38.3 Å². The van der Waals surface area contributed by atoms with E-state index in [9.17, 15) is 4.79 Å². The van der Waals surface area contributed by atoms with E-state index >= 15 is 0 Å². The lowest BCUT2D eigenvalue weighted by Crippen LogP contribution is -2.13. The molecule has 0 atom stereocenters. The molecule has 1 N–H and O–H groups in total. The van der Waals surface area contributed by atoms with Gasteiger partial charge in [0.05, 0.1) is 11.6 Å². The molecule has 0 spiro atoms. The number of para-hydroxylation sites is 2. The molecule has 0 radical (unpaired) electrons. The van der Waals surface area contributed by atoms with Crippen LogP contribution in [0.2, 0.25) is 5.02 Å². The standard InChI is InChI=1S/C20H24ClNO2S/c1-15-7-5-8-16(2)20(15)22-19(23)11-6-13-25-14-12-24-18-10-4-3-9-17(18)21/h3-5,7-10H,6,11-14H2,1-2H3,(H,22,23). The minimum absolute atomic E-state index is 0.0744. The van der Waals surface area contributed by atoms with Crippen LogP contribution >= 0.6 is 23.4 Å². The molecule has 0 aliphatic heterocycles. The minimum Gasteiger partial charge on any atom is -0.491 e. The zero-order valence-corrected chi connectivity index (χ0v) is 16.3. The fourth-order valence-electron chi connectivity index (χ4n) is 2.42. The fraction of sp³-hybridized carbons (Fsp3) is 0.350. The highest BCUT2D eigenvalue weighted by atomic mass is 35.5. The van der Waals surface area contributed by atoms with Crippen LogP contribution in [0.5, 0.6) is 5.75 Å². The number of aryl methyl sites for hydroxylation is 2. The summed E-state index contributed by atoms with van der Waals surface area (Å²) in [6.45, 7) is 4.64. The number of anilines is 1. The third-order valence-electron chi connectivity index (χ3n) is 3.76. The van der Waals surface area contributed by atoms with Gasteiger partial charge in [0.15, 0.2) is 0 Å². The molecular weight excluding hydrogens is 354 g/mol. The maximum absolute atomic E-state index is 12.1. The van der Waals surface area contributed by atoms with E-state index in [2.05, 4.69) is 5.32 Å². The van der Waals surface area contributed by atoms with Crippen molar-refractivity contribution in [1.29, 1.82) is 0 Å². The molecule has 1 amide bonds. The Morgan fingerprint density at radius 1 is 1.08 bits per heavy atom. The van der Waals surface area contributed by atoms with Crippen LogP contribution in [0.3, 0.4) is 0 Å². The number of hydrogen-bond donors (Lipinski definition) is 1. The Morgan fingerprint density at radius 2 is 1.80 bits per heavy atom. The van der Waals surface area contributed by atoms with Crippen molar-refractivity contribution in [2.75, 3.05) is 23.4 Å². The van der Waals surface area contributed by atoms with Crippen molar-refractivity contribution in [2.45, 2.75) is 26.7 Å². The van der Waals surface area contributed by atoms with Crippen LogP contribution in [0.15, 0.2) is 42.5 Å². The van der Waals surface area contributed by atoms with E-state index in [0.29, 0.717) is 18.1 Å². The molecule has 3 nitrogen and oxygen atoms in total. The predicted octanol–water partition coefficient (Wildman–Crippen LogP) is 5.49. The quantitative estimate of drug-likeness (QED) is 0.587. The second kappa shape index (κ2) is 10.4. The van der Waals surface area contributed by atoms with Crippen LogP contribution < -0.4 is 10.1 Å². The highest BCUT2D eigenvalue weighted by Crippen LogP contribution is 2.23. The zero-order valence-electron chi connectivity index (χ0n) is 14.7. The summed E-state index contributed by atoms with van der Waals surface area (Å²) in [4.78, 5) is 12.1. The lowest BCUT2D eigenvalue weighted by Gasteiger charge is -2.11. The summed E-state index contributed by atoms with van der Waals surface area (Å²) in [5.74, 6) is 2.61. The van der Waals surface area contributed by atoms with E-state index in [1.807, 2.05) is 56.3 Å². The van der Waals surface area contributed by atoms with E-state index in [1.54, 1.807) is 11.8 Å². The third-order valence-corrected chi connectivity index (χ3v) is 5.10. The Morgan fingerprint density at radius 3 is 2.52 bits per heavy atom. The van der Waals surface area contributed by atoms with Gasteiger partial charge in [-0.1, -0.05) is 41.9 Å². The molecule has 0 aliphatic rings. The average molecular weight is 378 g/mol. The molecule has 0 fully saturated rings. The van der Waals surface area contributed by atoms with Gasteiger partial charge in [0.1, 0.15) is 5.75 Å². The second-order valence-electron chi connectivity index (χ2n) is 5.81. The molecule has 25 heavy (non-hydrogen) atoms. The number of benzene rings is 2. The number of nitrogens with one attached hydrogen (secondary N) is 1. The van der Waals surface area contributed by atoms with Crippen LogP contribution in [0.1, 0.15) is 24.0 Å². The number of halogens is 1. The summed E-state index contributed by atoms with van der Waals surface area (Å²) < 4.78 is 5.64. The number of carbonyl (C=O) groups is 1. The van der Waals surface area contributed by atoms with Gasteiger partial charge in [0.2, 0.25) is 5.91 Å². The number of amides is 1. The summed E-state index contributed by atoms with van der Waals surface area (Å²) in [6, 6.07) is 13.5. The highest BCUT2D eigenvalue weighted by molar-refractivity contribution is 7.99. The predicted molar refractivity (Wildman–Crippen MR) is 108 cm³/mol. The Balaban J connectivity index is 1.58. The number of ether oxygens (including phenoxy) is 1. The number of hydrogen-bond acceptors (Lipinski definition) is 3. The first kappa shape index (κ1) is 19.7. The maximum atomic E-state index is 12.1. The SMILES string of the molecule is Cc1cccc(C)c1NC(=O)CCCSCCOc1ccccc1Cl. The Hall–Kier alpha value is -1.65. The second-order valence-corrected chi connectivity index (χ2v) is 7.44. The Kier molecular flexibility index (Phi) is 8.16. The van der Waals surface area contributed by atoms with Gasteiger partial charge in [0, 0.05) is 17.9 Å². The van der Waals surface area contributed by atoms with Gasteiger partial charge in [-0.25, -0.2) is 0 Å². The van der Waals surface area contributed by atoms with Crippen molar-refractivity contribution < 1.29 is 9.53 Å². The number of carbonyl (C=O) groups excluding carboxylic acids is 1. The molecule has 0 aliphatic carbocycles. The minimum atomic E-state index is 0.0744. The molecule has 5 heteroatoms. The summed E-state index contributed by atoms with van der Waals surface area (Å²) in [5.41, 5.74) is 3.13. The third kappa shape index (κ3) is 6.63. The molecule has 2 aromatic rings. The van der Waals surface area contributed by atoms with E-state index in [-0.39, 0.29) is 5.91 Å². The molecule has 134 valence electrons. The van der Waals surface area contributed by atoms with Crippen molar-refractivity contribution in [3.8, 4) is 5.75 Å². The lowest BCUT2D eigenvalue weighted by atomic mass is 10.1. The summed E-state index contributed by atoms with van der Waals surface area (Å²) in [5, 5.41) is 3.66. The molecule has 0 bridgehead atoms. The van der Waals surface area contributed by atoms with Crippen LogP contribution in [0.4, 0.5) is 5.69 Å². The highest BCUT2D eigenvalue weighted by Gasteiger charge is 2.07. The van der Waals surface area contributed by atoms with Gasteiger partial charge in [-0.2, -0.15) is 11.8 Å². The average Bonchev–Trinajstić information content (AvgIpc) is 2.59. The van der Waals surface area contributed by atoms with Gasteiger partial charge in [-0.05, 0) is 49.3 Å². The summed E-state index contributed by atoms with van der Waals surface area (Å²) in [7, 11) is 0. The number of thioether (sulfide) groups is 1. The number of rotatable bonds is 9. The molecule has 0 aromatic heterocycles. The monoisotopic (exact) mass is 377 g/mol. The first-order valence-electron chi connectivity index (χ1n) is 8.39.